The maximum atomic E-state index is 6.64. The topological polar surface area (TPSA) is 9.23 Å². The van der Waals surface area contributed by atoms with Gasteiger partial charge in [-0.3, -0.25) is 0 Å². The number of allylic oxidation sites excluding steroid dienone is 1. The molecule has 0 saturated heterocycles. The molecule has 0 spiro atoms. The van der Waals surface area contributed by atoms with Gasteiger partial charge in [0.2, 0.25) is 0 Å². The van der Waals surface area contributed by atoms with Crippen LogP contribution in [0, 0.1) is 5.92 Å². The van der Waals surface area contributed by atoms with Crippen molar-refractivity contribution in [1.29, 1.82) is 0 Å². The molecule has 0 heterocycles. The monoisotopic (exact) mass is 640 g/mol. The van der Waals surface area contributed by atoms with Gasteiger partial charge in [0.15, 0.2) is 0 Å². The summed E-state index contributed by atoms with van der Waals surface area (Å²) in [6, 6.07) is 21.4. The Bertz CT molecular complexity index is 687. The van der Waals surface area contributed by atoms with Gasteiger partial charge in [0.25, 0.3) is 9.04 Å². The van der Waals surface area contributed by atoms with Crippen molar-refractivity contribution in [3.63, 3.8) is 0 Å². The molecule has 1 fully saturated rings. The summed E-state index contributed by atoms with van der Waals surface area (Å²) >= 11 is 1.98. The van der Waals surface area contributed by atoms with Crippen LogP contribution in [0.3, 0.4) is 0 Å². The molecule has 0 aliphatic heterocycles. The van der Waals surface area contributed by atoms with E-state index >= 15 is 0 Å². The fourth-order valence-corrected chi connectivity index (χ4v) is 6.83. The van der Waals surface area contributed by atoms with Gasteiger partial charge in [-0.15, -0.1) is 0 Å². The summed E-state index contributed by atoms with van der Waals surface area (Å²) in [5.74, 6) is 0.788. The molecule has 0 aromatic heterocycles. The van der Waals surface area contributed by atoms with Crippen molar-refractivity contribution < 1.29 is 4.43 Å². The molecule has 2 aromatic carbocycles. The molecule has 1 aliphatic carbocycles. The van der Waals surface area contributed by atoms with Gasteiger partial charge in [0.05, 0.1) is 0 Å². The van der Waals surface area contributed by atoms with E-state index < -0.39 is 28.8 Å². The van der Waals surface area contributed by atoms with Gasteiger partial charge in [-0.25, -0.2) is 0 Å². The number of hydrogen-bond acceptors (Lipinski definition) is 1. The predicted octanol–water partition coefficient (Wildman–Crippen LogP) is 6.86. The summed E-state index contributed by atoms with van der Waals surface area (Å²) in [5, 5.41) is 2.64. The Kier molecular flexibility index (Phi) is 12.9. The zero-order valence-corrected chi connectivity index (χ0v) is 25.0. The van der Waals surface area contributed by atoms with Gasteiger partial charge in [-0.05, 0) is 62.2 Å². The minimum absolute atomic E-state index is 0.232. The standard InChI is InChI=1S/C23H28IOSi.3CH3.Sn/c1-19(17-21(24)18-20-11-5-2-6-12-20)25-26(22-13-7-3-8-14-22)23-15-9-4-10-16-23;;;;/h3-4,7-10,13-16,18-20H,2,5-6,11-12,17H2,1H3;3*1H3;/b21-18+;;;;. The van der Waals surface area contributed by atoms with Crippen LogP contribution in [0.4, 0.5) is 0 Å². The van der Waals surface area contributed by atoms with Gasteiger partial charge in [-0.2, -0.15) is 0 Å². The van der Waals surface area contributed by atoms with Crippen molar-refractivity contribution in [2.45, 2.75) is 66.4 Å². The second-order valence-electron chi connectivity index (χ2n) is 8.71. The van der Waals surface area contributed by atoms with Crippen molar-refractivity contribution in [3.8, 4) is 0 Å². The van der Waals surface area contributed by atoms with Gasteiger partial charge < -0.3 is 4.43 Å². The fourth-order valence-electron chi connectivity index (χ4n) is 3.62. The molecule has 4 heteroatoms. The fraction of sp³-hybridized carbons (Fsp3) is 0.462. The number of rotatable bonds is 7. The first-order chi connectivity index (χ1) is 14.5. The van der Waals surface area contributed by atoms with E-state index in [2.05, 4.69) is 111 Å². The first-order valence-electron chi connectivity index (χ1n) is 11.2. The molecule has 3 rings (SSSR count). The van der Waals surface area contributed by atoms with E-state index in [1.54, 1.807) is 0 Å². The third-order valence-electron chi connectivity index (χ3n) is 4.94. The van der Waals surface area contributed by atoms with Gasteiger partial charge in [0, 0.05) is 12.5 Å². The first kappa shape index (κ1) is 26.1. The van der Waals surface area contributed by atoms with E-state index in [1.807, 2.05) is 0 Å². The van der Waals surface area contributed by atoms with Crippen molar-refractivity contribution >= 4 is 61.8 Å². The molecule has 1 saturated carbocycles. The number of hydrogen-bond donors (Lipinski definition) is 0. The molecule has 1 unspecified atom stereocenters. The van der Waals surface area contributed by atoms with Gasteiger partial charge in [-0.1, -0.05) is 86.0 Å². The molecule has 2 radical (unpaired) electrons. The second kappa shape index (κ2) is 14.9. The Morgan fingerprint density at radius 2 is 1.43 bits per heavy atom. The molecule has 1 aliphatic rings. The van der Waals surface area contributed by atoms with E-state index in [9.17, 15) is 0 Å². The quantitative estimate of drug-likeness (QED) is 0.238. The molecule has 0 bridgehead atoms. The minimum atomic E-state index is -1.21. The van der Waals surface area contributed by atoms with Crippen molar-refractivity contribution in [2.24, 2.45) is 5.92 Å². The summed E-state index contributed by atoms with van der Waals surface area (Å²) in [4.78, 5) is 7.09. The van der Waals surface area contributed by atoms with Crippen LogP contribution in [0.5, 0.6) is 0 Å². The Morgan fingerprint density at radius 1 is 0.967 bits per heavy atom. The summed E-state index contributed by atoms with van der Waals surface area (Å²) < 4.78 is 8.10. The first-order valence-corrected chi connectivity index (χ1v) is 22.3. The van der Waals surface area contributed by atoms with E-state index in [-0.39, 0.29) is 6.10 Å². The Labute approximate surface area is 207 Å². The van der Waals surface area contributed by atoms with E-state index in [0.717, 1.165) is 12.3 Å². The molecule has 2 aromatic rings. The van der Waals surface area contributed by atoms with E-state index in [0.29, 0.717) is 0 Å². The van der Waals surface area contributed by atoms with Crippen molar-refractivity contribution in [1.82, 2.24) is 0 Å². The van der Waals surface area contributed by atoms with E-state index in [1.165, 1.54) is 46.1 Å². The molecule has 1 atom stereocenters. The van der Waals surface area contributed by atoms with Gasteiger partial charge >= 0.3 is 34.6 Å². The van der Waals surface area contributed by atoms with Crippen LogP contribution < -0.4 is 10.4 Å². The molecule has 0 N–H and O–H groups in total. The van der Waals surface area contributed by atoms with Crippen LogP contribution in [-0.4, -0.2) is 34.9 Å². The van der Waals surface area contributed by atoms with Crippen LogP contribution in [0.25, 0.3) is 0 Å². The number of halogens is 1. The predicted molar refractivity (Wildman–Crippen MR) is 145 cm³/mol. The summed E-state index contributed by atoms with van der Waals surface area (Å²) in [5.41, 5.74) is 0. The molecule has 0 amide bonds. The number of benzene rings is 2. The van der Waals surface area contributed by atoms with Crippen molar-refractivity contribution in [3.05, 3.63) is 70.3 Å². The molecular weight excluding hydrogens is 602 g/mol. The van der Waals surface area contributed by atoms with E-state index in [4.69, 9.17) is 4.43 Å². The zero-order valence-electron chi connectivity index (χ0n) is 19.0. The van der Waals surface area contributed by atoms with Crippen LogP contribution in [0.2, 0.25) is 14.8 Å². The summed E-state index contributed by atoms with van der Waals surface area (Å²) in [7, 11) is -1.21. The van der Waals surface area contributed by atoms with Crippen LogP contribution in [0.15, 0.2) is 70.3 Å². The molecule has 30 heavy (non-hydrogen) atoms. The van der Waals surface area contributed by atoms with Crippen LogP contribution in [-0.2, 0) is 4.43 Å². The second-order valence-corrected chi connectivity index (χ2v) is 20.7. The average Bonchev–Trinajstić information content (AvgIpc) is 2.73. The van der Waals surface area contributed by atoms with Crippen LogP contribution >= 0.6 is 22.6 Å². The molecule has 1 nitrogen and oxygen atoms in total. The maximum absolute atomic E-state index is 6.64. The molecule has 162 valence electrons. The average molecular weight is 639 g/mol. The Balaban J connectivity index is 0.000000735. The van der Waals surface area contributed by atoms with Gasteiger partial charge in [0.1, 0.15) is 0 Å². The summed E-state index contributed by atoms with van der Waals surface area (Å²) in [6.07, 6.45) is 10.7. The Hall–Kier alpha value is -0.114. The summed E-state index contributed by atoms with van der Waals surface area (Å²) in [6.45, 7) is 2.23. The zero-order chi connectivity index (χ0) is 21.8. The third kappa shape index (κ3) is 10.5. The Morgan fingerprint density at radius 3 is 1.90 bits per heavy atom. The molecular formula is C26H37IOSiSn. The third-order valence-corrected chi connectivity index (χ3v) is 8.09. The van der Waals surface area contributed by atoms with Crippen molar-refractivity contribution in [2.75, 3.05) is 0 Å². The van der Waals surface area contributed by atoms with Crippen LogP contribution in [0.1, 0.15) is 45.4 Å². The SMILES string of the molecule is CC(C/C(I)=C\C1CCCCC1)O[Si](c1ccccc1)c1ccccc1.[CH3][Sn]([CH3])[CH3]. The normalized spacial score (nSPS) is 16.3.